The molecule has 0 spiro atoms. The summed E-state index contributed by atoms with van der Waals surface area (Å²) in [5.41, 5.74) is -0.220. The molecule has 0 bridgehead atoms. The van der Waals surface area contributed by atoms with Gasteiger partial charge in [0.05, 0.1) is 24.9 Å². The molecule has 4 heteroatoms. The van der Waals surface area contributed by atoms with Crippen molar-refractivity contribution >= 4 is 0 Å². The molecule has 0 aliphatic carbocycles. The second-order valence-electron chi connectivity index (χ2n) is 6.61. The van der Waals surface area contributed by atoms with E-state index >= 15 is 0 Å². The summed E-state index contributed by atoms with van der Waals surface area (Å²) < 4.78 is 11.2. The Morgan fingerprint density at radius 1 is 1.30 bits per heavy atom. The monoisotopic (exact) mass is 283 g/mol. The number of aliphatic hydroxyl groups is 1. The molecule has 0 aromatic carbocycles. The highest BCUT2D eigenvalue weighted by atomic mass is 16.5. The minimum Gasteiger partial charge on any atom is -0.465 e. The van der Waals surface area contributed by atoms with E-state index < -0.39 is 6.10 Å². The van der Waals surface area contributed by atoms with Gasteiger partial charge in [-0.25, -0.2) is 0 Å². The Labute approximate surface area is 122 Å². The summed E-state index contributed by atoms with van der Waals surface area (Å²) in [6.07, 6.45) is -0.493. The Balaban J connectivity index is 2.50. The van der Waals surface area contributed by atoms with Crippen LogP contribution in [0.2, 0.25) is 0 Å². The lowest BCUT2D eigenvalue weighted by atomic mass is 10.2. The molecule has 0 amide bonds. The molecule has 1 N–H and O–H groups in total. The highest BCUT2D eigenvalue weighted by Gasteiger charge is 2.19. The van der Waals surface area contributed by atoms with Gasteiger partial charge in [-0.2, -0.15) is 0 Å². The van der Waals surface area contributed by atoms with E-state index in [1.807, 2.05) is 39.8 Å². The summed E-state index contributed by atoms with van der Waals surface area (Å²) in [4.78, 5) is 2.19. The molecule has 1 atom stereocenters. The van der Waals surface area contributed by atoms with E-state index in [1.165, 1.54) is 0 Å². The largest absolute Gasteiger partial charge is 0.465 e. The molecule has 0 fully saturated rings. The van der Waals surface area contributed by atoms with Crippen molar-refractivity contribution < 1.29 is 14.3 Å². The van der Waals surface area contributed by atoms with E-state index in [1.54, 1.807) is 0 Å². The fraction of sp³-hybridized carbons (Fsp3) is 0.750. The number of furan rings is 1. The van der Waals surface area contributed by atoms with Crippen molar-refractivity contribution in [3.8, 4) is 0 Å². The van der Waals surface area contributed by atoms with Crippen molar-refractivity contribution in [3.05, 3.63) is 23.7 Å². The predicted molar refractivity (Wildman–Crippen MR) is 80.7 cm³/mol. The minimum atomic E-state index is -0.493. The van der Waals surface area contributed by atoms with Crippen LogP contribution in [0.15, 0.2) is 16.5 Å². The number of aryl methyl sites for hydroxylation is 1. The number of hydrogen-bond acceptors (Lipinski definition) is 4. The first-order valence-corrected chi connectivity index (χ1v) is 7.29. The van der Waals surface area contributed by atoms with E-state index in [0.29, 0.717) is 25.7 Å². The molecule has 1 heterocycles. The van der Waals surface area contributed by atoms with Gasteiger partial charge in [0.2, 0.25) is 0 Å². The Morgan fingerprint density at radius 3 is 2.40 bits per heavy atom. The van der Waals surface area contributed by atoms with Crippen molar-refractivity contribution in [1.82, 2.24) is 4.90 Å². The molecule has 20 heavy (non-hydrogen) atoms. The van der Waals surface area contributed by atoms with E-state index in [9.17, 15) is 5.11 Å². The lowest BCUT2D eigenvalue weighted by Gasteiger charge is -2.29. The zero-order chi connectivity index (χ0) is 15.3. The van der Waals surface area contributed by atoms with Crippen LogP contribution in [-0.2, 0) is 11.3 Å². The number of aliphatic hydroxyl groups excluding tert-OH is 1. The van der Waals surface area contributed by atoms with Crippen molar-refractivity contribution in [2.24, 2.45) is 0 Å². The number of rotatable bonds is 7. The molecule has 4 nitrogen and oxygen atoms in total. The van der Waals surface area contributed by atoms with Crippen molar-refractivity contribution in [3.63, 3.8) is 0 Å². The molecule has 1 rings (SSSR count). The Hall–Kier alpha value is -0.840. The molecule has 1 aromatic heterocycles. The Bertz CT molecular complexity index is 393. The topological polar surface area (TPSA) is 45.8 Å². The molecular weight excluding hydrogens is 254 g/mol. The van der Waals surface area contributed by atoms with Gasteiger partial charge >= 0.3 is 0 Å². The fourth-order valence-electron chi connectivity index (χ4n) is 1.90. The van der Waals surface area contributed by atoms with E-state index in [-0.39, 0.29) is 5.60 Å². The molecule has 0 aliphatic heterocycles. The Kier molecular flexibility index (Phi) is 6.24. The third kappa shape index (κ3) is 6.55. The summed E-state index contributed by atoms with van der Waals surface area (Å²) in [5.74, 6) is 1.85. The zero-order valence-corrected chi connectivity index (χ0v) is 13.6. The van der Waals surface area contributed by atoms with Crippen LogP contribution in [0.25, 0.3) is 0 Å². The van der Waals surface area contributed by atoms with Gasteiger partial charge in [0.25, 0.3) is 0 Å². The highest BCUT2D eigenvalue weighted by molar-refractivity contribution is 5.05. The van der Waals surface area contributed by atoms with Gasteiger partial charge in [0, 0.05) is 12.6 Å². The van der Waals surface area contributed by atoms with Gasteiger partial charge in [0.1, 0.15) is 11.5 Å². The molecule has 0 saturated heterocycles. The SMILES string of the molecule is Cc1ccc(CN(C[C@@H](O)COC(C)(C)C)C(C)C)o1. The van der Waals surface area contributed by atoms with Crippen molar-refractivity contribution in [2.75, 3.05) is 13.2 Å². The van der Waals surface area contributed by atoms with Crippen molar-refractivity contribution in [1.29, 1.82) is 0 Å². The maximum Gasteiger partial charge on any atom is 0.118 e. The summed E-state index contributed by atoms with van der Waals surface area (Å²) in [6, 6.07) is 4.29. The van der Waals surface area contributed by atoms with Gasteiger partial charge in [-0.15, -0.1) is 0 Å². The van der Waals surface area contributed by atoms with Crippen LogP contribution in [-0.4, -0.2) is 40.9 Å². The summed E-state index contributed by atoms with van der Waals surface area (Å²) in [5, 5.41) is 10.1. The van der Waals surface area contributed by atoms with Crippen LogP contribution in [0.4, 0.5) is 0 Å². The van der Waals surface area contributed by atoms with E-state index in [2.05, 4.69) is 18.7 Å². The molecule has 1 aromatic rings. The van der Waals surface area contributed by atoms with Crippen LogP contribution >= 0.6 is 0 Å². The van der Waals surface area contributed by atoms with Crippen molar-refractivity contribution in [2.45, 2.75) is 65.8 Å². The first-order valence-electron chi connectivity index (χ1n) is 7.29. The van der Waals surface area contributed by atoms with Gasteiger partial charge < -0.3 is 14.3 Å². The van der Waals surface area contributed by atoms with Crippen LogP contribution in [0, 0.1) is 6.92 Å². The van der Waals surface area contributed by atoms with Crippen LogP contribution in [0.5, 0.6) is 0 Å². The lowest BCUT2D eigenvalue weighted by Crippen LogP contribution is -2.40. The fourth-order valence-corrected chi connectivity index (χ4v) is 1.90. The number of nitrogens with zero attached hydrogens (tertiary/aromatic N) is 1. The maximum atomic E-state index is 10.1. The standard InChI is InChI=1S/C16H29NO3/c1-12(2)17(10-15-8-7-13(3)20-15)9-14(18)11-19-16(4,5)6/h7-8,12,14,18H,9-11H2,1-6H3/t14-/m1/s1. The average Bonchev–Trinajstić information content (AvgIpc) is 2.70. The minimum absolute atomic E-state index is 0.220. The molecule has 0 radical (unpaired) electrons. The predicted octanol–water partition coefficient (Wildman–Crippen LogP) is 2.97. The summed E-state index contributed by atoms with van der Waals surface area (Å²) >= 11 is 0. The van der Waals surface area contributed by atoms with Crippen LogP contribution in [0.3, 0.4) is 0 Å². The average molecular weight is 283 g/mol. The molecule has 116 valence electrons. The van der Waals surface area contributed by atoms with E-state index in [0.717, 1.165) is 11.5 Å². The van der Waals surface area contributed by atoms with Crippen LogP contribution < -0.4 is 0 Å². The maximum absolute atomic E-state index is 10.1. The van der Waals surface area contributed by atoms with Crippen LogP contribution in [0.1, 0.15) is 46.1 Å². The number of ether oxygens (including phenoxy) is 1. The first kappa shape index (κ1) is 17.2. The second kappa shape index (κ2) is 7.25. The third-order valence-electron chi connectivity index (χ3n) is 3.04. The first-order chi connectivity index (χ1) is 9.17. The summed E-state index contributed by atoms with van der Waals surface area (Å²) in [7, 11) is 0. The third-order valence-corrected chi connectivity index (χ3v) is 3.04. The van der Waals surface area contributed by atoms with Gasteiger partial charge in [-0.1, -0.05) is 0 Å². The van der Waals surface area contributed by atoms with Gasteiger partial charge in [-0.05, 0) is 53.7 Å². The second-order valence-corrected chi connectivity index (χ2v) is 6.61. The highest BCUT2D eigenvalue weighted by Crippen LogP contribution is 2.13. The molecule has 0 saturated carbocycles. The molecule has 0 aliphatic rings. The van der Waals surface area contributed by atoms with E-state index in [4.69, 9.17) is 9.15 Å². The summed E-state index contributed by atoms with van der Waals surface area (Å²) in [6.45, 7) is 13.8. The zero-order valence-electron chi connectivity index (χ0n) is 13.6. The Morgan fingerprint density at radius 2 is 1.95 bits per heavy atom. The van der Waals surface area contributed by atoms with Gasteiger partial charge in [0.15, 0.2) is 0 Å². The number of hydrogen-bond donors (Lipinski definition) is 1. The molecule has 0 unspecified atom stereocenters. The smallest absolute Gasteiger partial charge is 0.118 e. The lowest BCUT2D eigenvalue weighted by molar-refractivity contribution is -0.0591. The van der Waals surface area contributed by atoms with Gasteiger partial charge in [-0.3, -0.25) is 4.90 Å². The molecular formula is C16H29NO3. The normalized spacial score (nSPS) is 14.2. The quantitative estimate of drug-likeness (QED) is 0.835.